The number of ether oxygens (including phenoxy) is 1. The van der Waals surface area contributed by atoms with Gasteiger partial charge in [-0.2, -0.15) is 0 Å². The van der Waals surface area contributed by atoms with E-state index in [9.17, 15) is 9.90 Å². The molecule has 0 aromatic rings. The average Bonchev–Trinajstić information content (AvgIpc) is 2.36. The molecule has 0 radical (unpaired) electrons. The predicted octanol–water partition coefficient (Wildman–Crippen LogP) is 1.44. The fourth-order valence-corrected chi connectivity index (χ4v) is 1.96. The summed E-state index contributed by atoms with van der Waals surface area (Å²) in [5, 5.41) is 9.36. The number of nitrogens with zero attached hydrogens (tertiary/aromatic N) is 1. The van der Waals surface area contributed by atoms with E-state index >= 15 is 0 Å². The van der Waals surface area contributed by atoms with Gasteiger partial charge in [-0.15, -0.1) is 0 Å². The summed E-state index contributed by atoms with van der Waals surface area (Å²) in [5.74, 6) is -1.18. The summed E-state index contributed by atoms with van der Waals surface area (Å²) in [6, 6.07) is 0. The van der Waals surface area contributed by atoms with Gasteiger partial charge < -0.3 is 19.1 Å². The summed E-state index contributed by atoms with van der Waals surface area (Å²) in [4.78, 5) is 9.36. The van der Waals surface area contributed by atoms with E-state index in [1.807, 2.05) is 0 Å². The molecule has 4 nitrogen and oxygen atoms in total. The fraction of sp³-hybridized carbons (Fsp3) is 0.929. The number of hydrogen-bond donors (Lipinski definition) is 0. The first kappa shape index (κ1) is 19.7. The Morgan fingerprint density at radius 1 is 1.06 bits per heavy atom. The second-order valence-corrected chi connectivity index (χ2v) is 4.53. The molecule has 0 rings (SSSR count). The molecule has 0 aromatic carbocycles. The van der Waals surface area contributed by atoms with Crippen molar-refractivity contribution in [2.75, 3.05) is 39.9 Å². The van der Waals surface area contributed by atoms with Crippen molar-refractivity contribution >= 4 is 5.97 Å². The lowest BCUT2D eigenvalue weighted by Crippen LogP contribution is -2.48. The van der Waals surface area contributed by atoms with Crippen molar-refractivity contribution in [3.05, 3.63) is 0 Å². The molecule has 0 unspecified atom stereocenters. The van der Waals surface area contributed by atoms with Gasteiger partial charge in [-0.3, -0.25) is 0 Å². The van der Waals surface area contributed by atoms with Crippen LogP contribution in [0.4, 0.5) is 0 Å². The largest absolute Gasteiger partial charge is 0.548 e. The van der Waals surface area contributed by atoms with Gasteiger partial charge in [-0.25, -0.2) is 0 Å². The highest BCUT2D eigenvalue weighted by Crippen LogP contribution is 2.09. The van der Waals surface area contributed by atoms with E-state index in [1.165, 1.54) is 57.0 Å². The first-order valence-corrected chi connectivity index (χ1v) is 7.05. The Morgan fingerprint density at radius 3 is 1.78 bits per heavy atom. The standard InChI is InChI=1S/C11H26N.C3H6O3/c1-5-9-10-11-12(6-2,7-3)8-4;1-6-2-3(4)5/h5-11H2,1-4H3;2H2,1H3,(H,4,5)/q+1;/p-1. The van der Waals surface area contributed by atoms with E-state index in [0.29, 0.717) is 0 Å². The number of carboxylic acid groups (broad SMARTS) is 1. The van der Waals surface area contributed by atoms with Crippen molar-refractivity contribution in [2.45, 2.75) is 47.0 Å². The third-order valence-electron chi connectivity index (χ3n) is 3.51. The maximum atomic E-state index is 9.36. The second-order valence-electron chi connectivity index (χ2n) is 4.53. The van der Waals surface area contributed by atoms with E-state index in [0.717, 1.165) is 0 Å². The Bertz CT molecular complexity index is 183. The third kappa shape index (κ3) is 10.5. The van der Waals surface area contributed by atoms with Gasteiger partial charge in [0.2, 0.25) is 0 Å². The van der Waals surface area contributed by atoms with Crippen molar-refractivity contribution in [1.29, 1.82) is 0 Å². The van der Waals surface area contributed by atoms with Crippen LogP contribution in [0, 0.1) is 0 Å². The number of methoxy groups -OCH3 is 1. The van der Waals surface area contributed by atoms with Gasteiger partial charge in [0.15, 0.2) is 0 Å². The first-order valence-electron chi connectivity index (χ1n) is 7.05. The number of unbranched alkanes of at least 4 members (excludes halogenated alkanes) is 2. The van der Waals surface area contributed by atoms with Crippen LogP contribution in [-0.4, -0.2) is 50.3 Å². The minimum Gasteiger partial charge on any atom is -0.548 e. The molecule has 0 aliphatic carbocycles. The summed E-state index contributed by atoms with van der Waals surface area (Å²) >= 11 is 0. The van der Waals surface area contributed by atoms with Gasteiger partial charge in [-0.1, -0.05) is 13.3 Å². The van der Waals surface area contributed by atoms with Crippen molar-refractivity contribution in [3.8, 4) is 0 Å². The van der Waals surface area contributed by atoms with Crippen LogP contribution in [0.2, 0.25) is 0 Å². The molecule has 18 heavy (non-hydrogen) atoms. The molecule has 0 aliphatic heterocycles. The Balaban J connectivity index is 0. The molecule has 0 heterocycles. The molecule has 0 spiro atoms. The van der Waals surface area contributed by atoms with Crippen LogP contribution >= 0.6 is 0 Å². The molecule has 0 aromatic heterocycles. The monoisotopic (exact) mass is 261 g/mol. The van der Waals surface area contributed by atoms with Gasteiger partial charge in [0.1, 0.15) is 0 Å². The molecule has 0 bridgehead atoms. The molecule has 0 fully saturated rings. The number of hydrogen-bond acceptors (Lipinski definition) is 3. The quantitative estimate of drug-likeness (QED) is 0.466. The average molecular weight is 261 g/mol. The van der Waals surface area contributed by atoms with E-state index in [4.69, 9.17) is 0 Å². The zero-order valence-electron chi connectivity index (χ0n) is 12.8. The number of aliphatic carboxylic acids is 1. The minimum atomic E-state index is -1.18. The van der Waals surface area contributed by atoms with Crippen LogP contribution in [0.25, 0.3) is 0 Å². The normalized spacial score (nSPS) is 10.7. The summed E-state index contributed by atoms with van der Waals surface area (Å²) in [6.45, 7) is 14.2. The van der Waals surface area contributed by atoms with Gasteiger partial charge in [0.05, 0.1) is 38.8 Å². The molecule has 4 heteroatoms. The van der Waals surface area contributed by atoms with Gasteiger partial charge in [0, 0.05) is 7.11 Å². The first-order chi connectivity index (χ1) is 8.51. The molecule has 110 valence electrons. The van der Waals surface area contributed by atoms with E-state index < -0.39 is 5.97 Å². The Labute approximate surface area is 113 Å². The topological polar surface area (TPSA) is 49.4 Å². The van der Waals surface area contributed by atoms with Crippen molar-refractivity contribution < 1.29 is 19.1 Å². The molecule has 0 saturated heterocycles. The SMILES string of the molecule is CCCCC[N+](CC)(CC)CC.COCC(=O)[O-]. The number of carboxylic acids is 1. The molecule has 0 aliphatic rings. The Kier molecular flexibility index (Phi) is 14.1. The zero-order valence-corrected chi connectivity index (χ0v) is 12.8. The highest BCUT2D eigenvalue weighted by Gasteiger charge is 2.18. The highest BCUT2D eigenvalue weighted by atomic mass is 16.5. The van der Waals surface area contributed by atoms with Crippen LogP contribution in [0.1, 0.15) is 47.0 Å². The van der Waals surface area contributed by atoms with Gasteiger partial charge in [0.25, 0.3) is 0 Å². The van der Waals surface area contributed by atoms with E-state index in [-0.39, 0.29) is 6.61 Å². The summed E-state index contributed by atoms with van der Waals surface area (Å²) in [7, 11) is 1.30. The number of carbonyl (C=O) groups excluding carboxylic acids is 1. The fourth-order valence-electron chi connectivity index (χ4n) is 1.96. The maximum Gasteiger partial charge on any atom is 0.0857 e. The highest BCUT2D eigenvalue weighted by molar-refractivity contribution is 5.65. The number of quaternary nitrogens is 1. The summed E-state index contributed by atoms with van der Waals surface area (Å²) < 4.78 is 5.46. The molecular formula is C14H31NO3. The Morgan fingerprint density at radius 2 is 1.56 bits per heavy atom. The van der Waals surface area contributed by atoms with Crippen LogP contribution in [0.3, 0.4) is 0 Å². The van der Waals surface area contributed by atoms with Crippen LogP contribution in [0.5, 0.6) is 0 Å². The van der Waals surface area contributed by atoms with Crippen LogP contribution < -0.4 is 5.11 Å². The minimum absolute atomic E-state index is 0.319. The second kappa shape index (κ2) is 12.8. The lowest BCUT2D eigenvalue weighted by Gasteiger charge is -2.35. The summed E-state index contributed by atoms with van der Waals surface area (Å²) in [5.41, 5.74) is 0. The Hall–Kier alpha value is -0.610. The number of rotatable bonds is 9. The van der Waals surface area contributed by atoms with E-state index in [2.05, 4.69) is 32.4 Å². The van der Waals surface area contributed by atoms with Crippen LogP contribution in [0.15, 0.2) is 0 Å². The maximum absolute atomic E-state index is 9.36. The third-order valence-corrected chi connectivity index (χ3v) is 3.51. The smallest absolute Gasteiger partial charge is 0.0857 e. The van der Waals surface area contributed by atoms with Gasteiger partial charge in [-0.05, 0) is 33.6 Å². The lowest BCUT2D eigenvalue weighted by atomic mass is 10.2. The van der Waals surface area contributed by atoms with E-state index in [1.54, 1.807) is 0 Å². The zero-order chi connectivity index (χ0) is 14.4. The molecule has 0 saturated carbocycles. The molecule has 0 N–H and O–H groups in total. The summed E-state index contributed by atoms with van der Waals surface area (Å²) in [6.07, 6.45) is 4.16. The molecular weight excluding hydrogens is 230 g/mol. The van der Waals surface area contributed by atoms with Gasteiger partial charge >= 0.3 is 0 Å². The predicted molar refractivity (Wildman–Crippen MR) is 73.2 cm³/mol. The lowest BCUT2D eigenvalue weighted by molar-refractivity contribution is -0.923. The molecule has 0 atom stereocenters. The van der Waals surface area contributed by atoms with Crippen LogP contribution in [-0.2, 0) is 9.53 Å². The number of carbonyl (C=O) groups is 1. The van der Waals surface area contributed by atoms with Crippen molar-refractivity contribution in [2.24, 2.45) is 0 Å². The molecule has 0 amide bonds. The van der Waals surface area contributed by atoms with Crippen molar-refractivity contribution in [1.82, 2.24) is 0 Å². The van der Waals surface area contributed by atoms with Crippen molar-refractivity contribution in [3.63, 3.8) is 0 Å².